The van der Waals surface area contributed by atoms with Gasteiger partial charge in [0, 0.05) is 30.4 Å². The average molecular weight is 545 g/mol. The third-order valence-corrected chi connectivity index (χ3v) is 6.62. The standard InChI is InChI=1S/C29H29ClN6O3/c1-17(19-14-21(30)20-16-32-35(5)26(20)24(19)18-10-7-6-8-11-18)33-28(38)25-22(15-23(37)39-29(2,3)4)34-36-13-9-12-31-27(25)36/h6-14,16-17H,15H2,1-5H3,(H,33,38). The van der Waals surface area contributed by atoms with Crippen LogP contribution >= 0.6 is 11.6 Å². The monoisotopic (exact) mass is 544 g/mol. The lowest BCUT2D eigenvalue weighted by Gasteiger charge is -2.21. The normalized spacial score (nSPS) is 12.6. The van der Waals surface area contributed by atoms with E-state index in [1.54, 1.807) is 50.1 Å². The van der Waals surface area contributed by atoms with Crippen LogP contribution in [-0.4, -0.2) is 41.9 Å². The van der Waals surface area contributed by atoms with Crippen molar-refractivity contribution in [3.63, 3.8) is 0 Å². The number of esters is 1. The van der Waals surface area contributed by atoms with Gasteiger partial charge in [-0.3, -0.25) is 14.3 Å². The van der Waals surface area contributed by atoms with Crippen molar-refractivity contribution < 1.29 is 14.3 Å². The van der Waals surface area contributed by atoms with Crippen LogP contribution in [0.15, 0.2) is 61.1 Å². The van der Waals surface area contributed by atoms with E-state index in [2.05, 4.69) is 20.5 Å². The summed E-state index contributed by atoms with van der Waals surface area (Å²) in [4.78, 5) is 30.8. The van der Waals surface area contributed by atoms with Crippen LogP contribution in [0.5, 0.6) is 0 Å². The van der Waals surface area contributed by atoms with Gasteiger partial charge in [0.05, 0.1) is 34.9 Å². The van der Waals surface area contributed by atoms with Crippen molar-refractivity contribution in [1.82, 2.24) is 29.7 Å². The van der Waals surface area contributed by atoms with Crippen LogP contribution in [0.1, 0.15) is 55.4 Å². The first-order valence-corrected chi connectivity index (χ1v) is 13.0. The van der Waals surface area contributed by atoms with Crippen molar-refractivity contribution >= 4 is 40.0 Å². The van der Waals surface area contributed by atoms with Crippen molar-refractivity contribution in [2.75, 3.05) is 0 Å². The van der Waals surface area contributed by atoms with Crippen molar-refractivity contribution in [3.05, 3.63) is 82.9 Å². The van der Waals surface area contributed by atoms with E-state index in [1.807, 2.05) is 50.4 Å². The highest BCUT2D eigenvalue weighted by molar-refractivity contribution is 6.36. The molecule has 1 amide bonds. The van der Waals surface area contributed by atoms with E-state index in [0.29, 0.717) is 10.7 Å². The molecule has 0 aliphatic carbocycles. The van der Waals surface area contributed by atoms with Crippen molar-refractivity contribution in [3.8, 4) is 11.1 Å². The molecule has 0 spiro atoms. The summed E-state index contributed by atoms with van der Waals surface area (Å²) in [6.07, 6.45) is 4.84. The molecule has 3 heterocycles. The summed E-state index contributed by atoms with van der Waals surface area (Å²) in [5.74, 6) is -0.886. The highest BCUT2D eigenvalue weighted by Gasteiger charge is 2.27. The number of aromatic nitrogens is 5. The highest BCUT2D eigenvalue weighted by atomic mass is 35.5. The van der Waals surface area contributed by atoms with Crippen LogP contribution in [-0.2, 0) is 23.0 Å². The highest BCUT2D eigenvalue weighted by Crippen LogP contribution is 2.39. The summed E-state index contributed by atoms with van der Waals surface area (Å²) in [6, 6.07) is 13.0. The van der Waals surface area contributed by atoms with Crippen molar-refractivity contribution in [2.24, 2.45) is 7.05 Å². The Labute approximate surface area is 230 Å². The average Bonchev–Trinajstić information content (AvgIpc) is 3.44. The predicted molar refractivity (Wildman–Crippen MR) is 150 cm³/mol. The Kier molecular flexibility index (Phi) is 6.86. The van der Waals surface area contributed by atoms with Crippen molar-refractivity contribution in [2.45, 2.75) is 45.8 Å². The molecule has 0 bridgehead atoms. The zero-order chi connectivity index (χ0) is 27.9. The number of amides is 1. The van der Waals surface area contributed by atoms with Crippen LogP contribution < -0.4 is 5.32 Å². The lowest BCUT2D eigenvalue weighted by molar-refractivity contribution is -0.154. The van der Waals surface area contributed by atoms with Crippen LogP contribution in [0.4, 0.5) is 0 Å². The fraction of sp³-hybridized carbons (Fsp3) is 0.276. The lowest BCUT2D eigenvalue weighted by atomic mass is 9.93. The first-order valence-electron chi connectivity index (χ1n) is 12.6. The van der Waals surface area contributed by atoms with E-state index in [-0.39, 0.29) is 17.7 Å². The third-order valence-electron chi connectivity index (χ3n) is 6.31. The number of benzene rings is 2. The molecule has 3 aromatic heterocycles. The molecule has 1 N–H and O–H groups in total. The molecule has 10 heteroatoms. The minimum atomic E-state index is -0.664. The predicted octanol–water partition coefficient (Wildman–Crippen LogP) is 5.31. The quantitative estimate of drug-likeness (QED) is 0.290. The third kappa shape index (κ3) is 5.22. The largest absolute Gasteiger partial charge is 0.460 e. The Bertz CT molecular complexity index is 1700. The molecule has 0 aliphatic rings. The Morgan fingerprint density at radius 3 is 2.62 bits per heavy atom. The number of carbonyl (C=O) groups is 2. The Morgan fingerprint density at radius 1 is 1.15 bits per heavy atom. The molecule has 0 saturated carbocycles. The maximum Gasteiger partial charge on any atom is 0.312 e. The minimum Gasteiger partial charge on any atom is -0.460 e. The molecule has 1 unspecified atom stereocenters. The Morgan fingerprint density at radius 2 is 1.90 bits per heavy atom. The number of nitrogens with one attached hydrogen (secondary N) is 1. The van der Waals surface area contributed by atoms with E-state index in [4.69, 9.17) is 16.3 Å². The number of hydrogen-bond acceptors (Lipinski definition) is 6. The SMILES string of the molecule is CC(NC(=O)c1c(CC(=O)OC(C)(C)C)nn2cccnc12)c1cc(Cl)c2cnn(C)c2c1-c1ccccc1. The number of nitrogens with zero attached hydrogens (tertiary/aromatic N) is 5. The van der Waals surface area contributed by atoms with E-state index >= 15 is 0 Å². The van der Waals surface area contributed by atoms with Crippen LogP contribution in [0.25, 0.3) is 27.7 Å². The topological polar surface area (TPSA) is 103 Å². The maximum atomic E-state index is 13.8. The molecule has 5 rings (SSSR count). The molecule has 0 fully saturated rings. The van der Waals surface area contributed by atoms with Crippen LogP contribution in [0, 0.1) is 0 Å². The van der Waals surface area contributed by atoms with Gasteiger partial charge in [-0.2, -0.15) is 10.2 Å². The Hall–Kier alpha value is -4.24. The van der Waals surface area contributed by atoms with Gasteiger partial charge in [-0.05, 0) is 51.0 Å². The van der Waals surface area contributed by atoms with E-state index < -0.39 is 23.5 Å². The molecule has 0 radical (unpaired) electrons. The molecular formula is C29H29ClN6O3. The zero-order valence-electron chi connectivity index (χ0n) is 22.4. The van der Waals surface area contributed by atoms with Gasteiger partial charge in [0.15, 0.2) is 5.65 Å². The Balaban J connectivity index is 1.56. The second-order valence-corrected chi connectivity index (χ2v) is 10.8. The molecule has 200 valence electrons. The maximum absolute atomic E-state index is 13.8. The second-order valence-electron chi connectivity index (χ2n) is 10.4. The van der Waals surface area contributed by atoms with E-state index in [9.17, 15) is 9.59 Å². The minimum absolute atomic E-state index is 0.167. The van der Waals surface area contributed by atoms with Crippen molar-refractivity contribution in [1.29, 1.82) is 0 Å². The van der Waals surface area contributed by atoms with Gasteiger partial charge in [-0.25, -0.2) is 9.50 Å². The smallest absolute Gasteiger partial charge is 0.312 e. The number of carbonyl (C=O) groups excluding carboxylic acids is 2. The first-order chi connectivity index (χ1) is 18.5. The van der Waals surface area contributed by atoms with Gasteiger partial charge < -0.3 is 10.1 Å². The van der Waals surface area contributed by atoms with Crippen LogP contribution in [0.3, 0.4) is 0 Å². The fourth-order valence-corrected chi connectivity index (χ4v) is 4.99. The molecule has 39 heavy (non-hydrogen) atoms. The van der Waals surface area contributed by atoms with Gasteiger partial charge in [-0.1, -0.05) is 41.9 Å². The molecule has 5 aromatic rings. The van der Waals surface area contributed by atoms with Gasteiger partial charge in [0.2, 0.25) is 0 Å². The van der Waals surface area contributed by atoms with E-state index in [1.165, 1.54) is 4.52 Å². The summed E-state index contributed by atoms with van der Waals surface area (Å²) in [5.41, 5.74) is 3.80. The van der Waals surface area contributed by atoms with E-state index in [0.717, 1.165) is 27.6 Å². The van der Waals surface area contributed by atoms with Gasteiger partial charge in [0.1, 0.15) is 11.2 Å². The summed E-state index contributed by atoms with van der Waals surface area (Å²) >= 11 is 6.69. The molecular weight excluding hydrogens is 516 g/mol. The second kappa shape index (κ2) is 10.1. The number of fused-ring (bicyclic) bond motifs is 2. The summed E-state index contributed by atoms with van der Waals surface area (Å²) < 4.78 is 8.76. The van der Waals surface area contributed by atoms with Gasteiger partial charge in [0.25, 0.3) is 5.91 Å². The molecule has 9 nitrogen and oxygen atoms in total. The molecule has 1 atom stereocenters. The van der Waals surface area contributed by atoms with Gasteiger partial charge >= 0.3 is 5.97 Å². The molecule has 0 aliphatic heterocycles. The summed E-state index contributed by atoms with van der Waals surface area (Å²) in [6.45, 7) is 7.27. The number of aryl methyl sites for hydroxylation is 1. The fourth-order valence-electron chi connectivity index (χ4n) is 4.73. The first kappa shape index (κ1) is 26.4. The number of ether oxygens (including phenoxy) is 1. The molecule has 2 aromatic carbocycles. The summed E-state index contributed by atoms with van der Waals surface area (Å²) in [7, 11) is 1.87. The number of halogens is 1. The number of hydrogen-bond donors (Lipinski definition) is 1. The molecule has 0 saturated heterocycles. The summed E-state index contributed by atoms with van der Waals surface area (Å²) in [5, 5.41) is 13.4. The van der Waals surface area contributed by atoms with Crippen LogP contribution in [0.2, 0.25) is 5.02 Å². The lowest BCUT2D eigenvalue weighted by Crippen LogP contribution is -2.29. The van der Waals surface area contributed by atoms with Gasteiger partial charge in [-0.15, -0.1) is 0 Å². The number of rotatable bonds is 6. The zero-order valence-corrected chi connectivity index (χ0v) is 23.2.